The van der Waals surface area contributed by atoms with E-state index < -0.39 is 0 Å². The number of aryl methyl sites for hydroxylation is 3. The highest BCUT2D eigenvalue weighted by Crippen LogP contribution is 2.18. The fourth-order valence-electron chi connectivity index (χ4n) is 3.02. The smallest absolute Gasteiger partial charge is 0.0107 e. The minimum atomic E-state index is 1.16. The second-order valence-corrected chi connectivity index (χ2v) is 5.57. The van der Waals surface area contributed by atoms with E-state index in [0.717, 1.165) is 13.1 Å². The van der Waals surface area contributed by atoms with E-state index in [0.29, 0.717) is 0 Å². The molecule has 1 saturated heterocycles. The molecule has 0 bridgehead atoms. The first-order valence-corrected chi connectivity index (χ1v) is 7.16. The minimum Gasteiger partial charge on any atom is -0.314 e. The third-order valence-corrected chi connectivity index (χ3v) is 3.95. The summed E-state index contributed by atoms with van der Waals surface area (Å²) in [5.74, 6) is 0. The molecule has 1 N–H and O–H groups in total. The van der Waals surface area contributed by atoms with Crippen molar-refractivity contribution in [3.8, 4) is 0 Å². The molecule has 0 radical (unpaired) electrons. The molecule has 18 heavy (non-hydrogen) atoms. The monoisotopic (exact) mass is 246 g/mol. The van der Waals surface area contributed by atoms with E-state index >= 15 is 0 Å². The Labute approximate surface area is 111 Å². The molecule has 1 heterocycles. The van der Waals surface area contributed by atoms with Crippen LogP contribution in [0.25, 0.3) is 0 Å². The van der Waals surface area contributed by atoms with Gasteiger partial charge in [0.25, 0.3) is 0 Å². The summed E-state index contributed by atoms with van der Waals surface area (Å²) in [6.07, 6.45) is 2.51. The number of piperazine rings is 1. The fraction of sp³-hybridized carbons (Fsp3) is 0.625. The summed E-state index contributed by atoms with van der Waals surface area (Å²) in [6, 6.07) is 4.63. The number of nitrogens with one attached hydrogen (secondary N) is 1. The Balaban J connectivity index is 1.86. The lowest BCUT2D eigenvalue weighted by molar-refractivity contribution is 0.238. The van der Waals surface area contributed by atoms with E-state index in [1.54, 1.807) is 5.56 Å². The van der Waals surface area contributed by atoms with Crippen molar-refractivity contribution in [1.82, 2.24) is 10.2 Å². The van der Waals surface area contributed by atoms with Gasteiger partial charge in [0.2, 0.25) is 0 Å². The molecule has 0 spiro atoms. The highest BCUT2D eigenvalue weighted by atomic mass is 15.2. The number of rotatable bonds is 4. The summed E-state index contributed by atoms with van der Waals surface area (Å²) in [4.78, 5) is 2.58. The van der Waals surface area contributed by atoms with Gasteiger partial charge in [-0.2, -0.15) is 0 Å². The SMILES string of the molecule is Cc1cc(C)c(CCCN2CCNCC2)c(C)c1. The quantitative estimate of drug-likeness (QED) is 0.878. The normalized spacial score (nSPS) is 17.1. The van der Waals surface area contributed by atoms with Crippen LogP contribution in [0.4, 0.5) is 0 Å². The standard InChI is InChI=1S/C16H26N2/c1-13-11-14(2)16(15(3)12-13)5-4-8-18-9-6-17-7-10-18/h11-12,17H,4-10H2,1-3H3. The third-order valence-electron chi connectivity index (χ3n) is 3.95. The van der Waals surface area contributed by atoms with E-state index in [2.05, 4.69) is 43.1 Å². The second-order valence-electron chi connectivity index (χ2n) is 5.57. The van der Waals surface area contributed by atoms with Gasteiger partial charge in [0, 0.05) is 26.2 Å². The summed E-state index contributed by atoms with van der Waals surface area (Å²) in [5.41, 5.74) is 5.88. The Hall–Kier alpha value is -0.860. The lowest BCUT2D eigenvalue weighted by atomic mass is 9.96. The summed E-state index contributed by atoms with van der Waals surface area (Å²) < 4.78 is 0. The Morgan fingerprint density at radius 3 is 2.28 bits per heavy atom. The van der Waals surface area contributed by atoms with Crippen molar-refractivity contribution in [2.45, 2.75) is 33.6 Å². The first-order valence-electron chi connectivity index (χ1n) is 7.16. The Morgan fingerprint density at radius 1 is 1.06 bits per heavy atom. The van der Waals surface area contributed by atoms with E-state index in [1.165, 1.54) is 49.2 Å². The van der Waals surface area contributed by atoms with Crippen molar-refractivity contribution in [2.24, 2.45) is 0 Å². The first-order chi connectivity index (χ1) is 8.66. The highest BCUT2D eigenvalue weighted by Gasteiger charge is 2.09. The maximum Gasteiger partial charge on any atom is 0.0107 e. The maximum atomic E-state index is 3.41. The van der Waals surface area contributed by atoms with Crippen LogP contribution in [0.3, 0.4) is 0 Å². The van der Waals surface area contributed by atoms with Crippen LogP contribution in [0.5, 0.6) is 0 Å². The molecule has 1 aromatic carbocycles. The molecule has 0 aliphatic carbocycles. The zero-order valence-corrected chi connectivity index (χ0v) is 12.1. The third kappa shape index (κ3) is 3.56. The molecule has 1 aromatic rings. The molecule has 2 rings (SSSR count). The van der Waals surface area contributed by atoms with Crippen molar-refractivity contribution >= 4 is 0 Å². The van der Waals surface area contributed by atoms with Gasteiger partial charge in [-0.3, -0.25) is 0 Å². The lowest BCUT2D eigenvalue weighted by Crippen LogP contribution is -2.43. The van der Waals surface area contributed by atoms with Gasteiger partial charge in [0.1, 0.15) is 0 Å². The van der Waals surface area contributed by atoms with E-state index in [1.807, 2.05) is 0 Å². The maximum absolute atomic E-state index is 3.41. The van der Waals surface area contributed by atoms with Crippen molar-refractivity contribution in [1.29, 1.82) is 0 Å². The fourth-order valence-corrected chi connectivity index (χ4v) is 3.02. The Bertz CT molecular complexity index is 369. The first kappa shape index (κ1) is 13.6. The summed E-state index contributed by atoms with van der Waals surface area (Å²) in [5, 5.41) is 3.41. The molecule has 0 amide bonds. The van der Waals surface area contributed by atoms with Gasteiger partial charge < -0.3 is 10.2 Å². The van der Waals surface area contributed by atoms with Crippen LogP contribution >= 0.6 is 0 Å². The number of benzene rings is 1. The van der Waals surface area contributed by atoms with Gasteiger partial charge in [-0.25, -0.2) is 0 Å². The molecule has 1 fully saturated rings. The zero-order chi connectivity index (χ0) is 13.0. The molecule has 0 atom stereocenters. The lowest BCUT2D eigenvalue weighted by Gasteiger charge is -2.27. The molecule has 0 unspecified atom stereocenters. The van der Waals surface area contributed by atoms with E-state index in [4.69, 9.17) is 0 Å². The molecule has 0 aromatic heterocycles. The van der Waals surface area contributed by atoms with E-state index in [9.17, 15) is 0 Å². The number of nitrogens with zero attached hydrogens (tertiary/aromatic N) is 1. The molecule has 2 nitrogen and oxygen atoms in total. The molecular weight excluding hydrogens is 220 g/mol. The minimum absolute atomic E-state index is 1.16. The number of hydrogen-bond acceptors (Lipinski definition) is 2. The number of hydrogen-bond donors (Lipinski definition) is 1. The van der Waals surface area contributed by atoms with Gasteiger partial charge >= 0.3 is 0 Å². The molecule has 100 valence electrons. The van der Waals surface area contributed by atoms with E-state index in [-0.39, 0.29) is 0 Å². The predicted molar refractivity (Wildman–Crippen MR) is 78.3 cm³/mol. The van der Waals surface area contributed by atoms with Gasteiger partial charge in [-0.15, -0.1) is 0 Å². The molecule has 1 aliphatic rings. The molecular formula is C16H26N2. The average Bonchev–Trinajstić information content (AvgIpc) is 2.34. The summed E-state index contributed by atoms with van der Waals surface area (Å²) >= 11 is 0. The van der Waals surface area contributed by atoms with Gasteiger partial charge in [0.15, 0.2) is 0 Å². The van der Waals surface area contributed by atoms with Crippen LogP contribution < -0.4 is 5.32 Å². The van der Waals surface area contributed by atoms with Gasteiger partial charge in [-0.1, -0.05) is 17.7 Å². The molecule has 2 heteroatoms. The average molecular weight is 246 g/mol. The summed E-state index contributed by atoms with van der Waals surface area (Å²) in [7, 11) is 0. The molecule has 1 aliphatic heterocycles. The van der Waals surface area contributed by atoms with Gasteiger partial charge in [-0.05, 0) is 56.8 Å². The van der Waals surface area contributed by atoms with Crippen molar-refractivity contribution in [2.75, 3.05) is 32.7 Å². The van der Waals surface area contributed by atoms with Gasteiger partial charge in [0.05, 0.1) is 0 Å². The zero-order valence-electron chi connectivity index (χ0n) is 12.1. The topological polar surface area (TPSA) is 15.3 Å². The van der Waals surface area contributed by atoms with Crippen LogP contribution in [0.1, 0.15) is 28.7 Å². The van der Waals surface area contributed by atoms with Crippen LogP contribution in [0.2, 0.25) is 0 Å². The highest BCUT2D eigenvalue weighted by molar-refractivity contribution is 5.37. The largest absolute Gasteiger partial charge is 0.314 e. The van der Waals surface area contributed by atoms with Crippen LogP contribution in [0.15, 0.2) is 12.1 Å². The van der Waals surface area contributed by atoms with Crippen molar-refractivity contribution < 1.29 is 0 Å². The van der Waals surface area contributed by atoms with Crippen LogP contribution in [-0.4, -0.2) is 37.6 Å². The summed E-state index contributed by atoms with van der Waals surface area (Å²) in [6.45, 7) is 12.7. The molecule has 0 saturated carbocycles. The predicted octanol–water partition coefficient (Wildman–Crippen LogP) is 2.45. The Kier molecular flexibility index (Phi) is 4.79. The van der Waals surface area contributed by atoms with Crippen molar-refractivity contribution in [3.05, 3.63) is 34.4 Å². The van der Waals surface area contributed by atoms with Crippen LogP contribution in [-0.2, 0) is 6.42 Å². The van der Waals surface area contributed by atoms with Crippen LogP contribution in [0, 0.1) is 20.8 Å². The Morgan fingerprint density at radius 2 is 1.67 bits per heavy atom. The van der Waals surface area contributed by atoms with Crippen molar-refractivity contribution in [3.63, 3.8) is 0 Å². The second kappa shape index (κ2) is 6.35.